The van der Waals surface area contributed by atoms with Crippen LogP contribution in [-0.4, -0.2) is 27.9 Å². The number of furan rings is 1. The summed E-state index contributed by atoms with van der Waals surface area (Å²) in [5.41, 5.74) is 3.91. The van der Waals surface area contributed by atoms with Gasteiger partial charge in [-0.05, 0) is 84.5 Å². The first kappa shape index (κ1) is 25.5. The van der Waals surface area contributed by atoms with Crippen LogP contribution >= 0.6 is 34.9 Å². The molecule has 1 saturated heterocycles. The fourth-order valence-corrected chi connectivity index (χ4v) is 7.28. The molecule has 0 spiro atoms. The fourth-order valence-electron chi connectivity index (χ4n) is 4.46. The first-order valence-corrected chi connectivity index (χ1v) is 14.9. The zero-order chi connectivity index (χ0) is 28.1. The SMILES string of the molecule is Cc1ccccc1N=C1NC(=O)/C(=C/c2ccc(Sc3nc4ccc(N5C(=O)c6ccccc6C5=O)cc4s3)o2)S1. The maximum atomic E-state index is 12.9. The molecule has 0 radical (unpaired) electrons. The Hall–Kier alpha value is -4.45. The van der Waals surface area contributed by atoms with Crippen molar-refractivity contribution in [3.8, 4) is 0 Å². The summed E-state index contributed by atoms with van der Waals surface area (Å²) < 4.78 is 7.54. The van der Waals surface area contributed by atoms with Crippen LogP contribution < -0.4 is 10.2 Å². The van der Waals surface area contributed by atoms with Gasteiger partial charge < -0.3 is 9.73 Å². The van der Waals surface area contributed by atoms with E-state index >= 15 is 0 Å². The molecule has 2 aliphatic heterocycles. The Morgan fingerprint density at radius 3 is 2.49 bits per heavy atom. The molecule has 0 saturated carbocycles. The Morgan fingerprint density at radius 2 is 1.71 bits per heavy atom. The molecule has 3 aromatic carbocycles. The average molecular weight is 595 g/mol. The number of anilines is 1. The monoisotopic (exact) mass is 594 g/mol. The Balaban J connectivity index is 1.08. The number of para-hydroxylation sites is 1. The largest absolute Gasteiger partial charge is 0.450 e. The first-order valence-electron chi connectivity index (χ1n) is 12.4. The van der Waals surface area contributed by atoms with E-state index in [1.807, 2.05) is 43.3 Å². The standard InChI is InChI=1S/C30H18N4O4S3/c1-16-6-2-5-9-21(16)31-29-33-26(35)24(39-29)15-18-11-13-25(38-18)41-30-32-22-12-10-17(14-23(22)40-30)34-27(36)19-7-3-4-8-20(19)28(34)37/h2-15H,1H3,(H,31,33,35)/b24-15-. The number of hydrogen-bond acceptors (Lipinski definition) is 9. The van der Waals surface area contributed by atoms with Crippen LogP contribution in [0.25, 0.3) is 16.3 Å². The van der Waals surface area contributed by atoms with Gasteiger partial charge in [0.2, 0.25) is 0 Å². The van der Waals surface area contributed by atoms with Crippen molar-refractivity contribution in [3.05, 3.63) is 106 Å². The third-order valence-corrected chi connectivity index (χ3v) is 9.37. The Labute approximate surface area is 246 Å². The average Bonchev–Trinajstić information content (AvgIpc) is 3.72. The van der Waals surface area contributed by atoms with E-state index < -0.39 is 0 Å². The molecule has 11 heteroatoms. The first-order chi connectivity index (χ1) is 19.9. The van der Waals surface area contributed by atoms with Gasteiger partial charge >= 0.3 is 0 Å². The van der Waals surface area contributed by atoms with E-state index in [9.17, 15) is 14.4 Å². The van der Waals surface area contributed by atoms with Crippen LogP contribution in [0.1, 0.15) is 32.0 Å². The van der Waals surface area contributed by atoms with Gasteiger partial charge in [-0.25, -0.2) is 14.9 Å². The molecule has 0 aliphatic carbocycles. The van der Waals surface area contributed by atoms with Crippen LogP contribution in [0.15, 0.2) is 103 Å². The third kappa shape index (κ3) is 4.77. The van der Waals surface area contributed by atoms with Gasteiger partial charge in [-0.1, -0.05) is 30.3 Å². The highest BCUT2D eigenvalue weighted by atomic mass is 32.2. The van der Waals surface area contributed by atoms with Gasteiger partial charge in [0, 0.05) is 6.08 Å². The molecule has 1 fully saturated rings. The molecule has 8 nitrogen and oxygen atoms in total. The number of nitrogens with one attached hydrogen (secondary N) is 1. The maximum absolute atomic E-state index is 12.9. The minimum atomic E-state index is -0.330. The summed E-state index contributed by atoms with van der Waals surface area (Å²) >= 11 is 4.06. The van der Waals surface area contributed by atoms with Gasteiger partial charge in [-0.3, -0.25) is 14.4 Å². The molecular weight excluding hydrogens is 577 g/mol. The highest BCUT2D eigenvalue weighted by molar-refractivity contribution is 8.18. The summed E-state index contributed by atoms with van der Waals surface area (Å²) in [6.45, 7) is 1.97. The number of hydrogen-bond donors (Lipinski definition) is 1. The van der Waals surface area contributed by atoms with Crippen molar-refractivity contribution >= 4 is 85.4 Å². The number of carbonyl (C=O) groups excluding carboxylic acids is 3. The van der Waals surface area contributed by atoms with Gasteiger partial charge in [0.1, 0.15) is 5.76 Å². The molecule has 2 aromatic heterocycles. The number of carbonyl (C=O) groups is 3. The number of thiazole rings is 1. The van der Waals surface area contributed by atoms with Crippen molar-refractivity contribution in [1.29, 1.82) is 0 Å². The number of amides is 3. The predicted octanol–water partition coefficient (Wildman–Crippen LogP) is 7.04. The molecule has 7 rings (SSSR count). The van der Waals surface area contributed by atoms with Crippen LogP contribution in [0.4, 0.5) is 11.4 Å². The summed E-state index contributed by atoms with van der Waals surface area (Å²) in [6.07, 6.45) is 1.69. The van der Waals surface area contributed by atoms with E-state index in [4.69, 9.17) is 4.42 Å². The molecule has 5 aromatic rings. The molecule has 2 aliphatic rings. The molecule has 41 heavy (non-hydrogen) atoms. The predicted molar refractivity (Wildman–Crippen MR) is 162 cm³/mol. The van der Waals surface area contributed by atoms with Crippen molar-refractivity contribution in [2.75, 3.05) is 4.90 Å². The van der Waals surface area contributed by atoms with Crippen molar-refractivity contribution in [1.82, 2.24) is 10.3 Å². The zero-order valence-electron chi connectivity index (χ0n) is 21.3. The van der Waals surface area contributed by atoms with Gasteiger partial charge in [0.25, 0.3) is 17.7 Å². The number of thioether (sulfide) groups is 1. The van der Waals surface area contributed by atoms with Crippen molar-refractivity contribution in [2.24, 2.45) is 4.99 Å². The second kappa shape index (κ2) is 10.2. The van der Waals surface area contributed by atoms with E-state index in [1.54, 1.807) is 48.5 Å². The number of aliphatic imine (C=N–C) groups is 1. The van der Waals surface area contributed by atoms with E-state index in [2.05, 4.69) is 15.3 Å². The second-order valence-corrected chi connectivity index (χ2v) is 12.5. The van der Waals surface area contributed by atoms with E-state index in [-0.39, 0.29) is 17.7 Å². The zero-order valence-corrected chi connectivity index (χ0v) is 23.7. The number of amidine groups is 1. The quantitative estimate of drug-likeness (QED) is 0.172. The Bertz CT molecular complexity index is 1940. The van der Waals surface area contributed by atoms with Crippen molar-refractivity contribution in [3.63, 3.8) is 0 Å². The summed E-state index contributed by atoms with van der Waals surface area (Å²) in [6, 6.07) is 23.5. The summed E-state index contributed by atoms with van der Waals surface area (Å²) in [5, 5.41) is 3.94. The maximum Gasteiger partial charge on any atom is 0.266 e. The van der Waals surface area contributed by atoms with Gasteiger partial charge in [-0.15, -0.1) is 11.3 Å². The summed E-state index contributed by atoms with van der Waals surface area (Å²) in [5.74, 6) is -0.350. The van der Waals surface area contributed by atoms with Crippen molar-refractivity contribution in [2.45, 2.75) is 16.4 Å². The van der Waals surface area contributed by atoms with Crippen LogP contribution in [0.3, 0.4) is 0 Å². The highest BCUT2D eigenvalue weighted by Gasteiger charge is 2.36. The minimum Gasteiger partial charge on any atom is -0.450 e. The van der Waals surface area contributed by atoms with E-state index in [0.29, 0.717) is 37.7 Å². The van der Waals surface area contributed by atoms with Gasteiger partial charge in [0.05, 0.1) is 37.6 Å². The Morgan fingerprint density at radius 1 is 0.951 bits per heavy atom. The molecular formula is C30H18N4O4S3. The van der Waals surface area contributed by atoms with Crippen LogP contribution in [0.2, 0.25) is 0 Å². The molecule has 200 valence electrons. The van der Waals surface area contributed by atoms with Crippen LogP contribution in [-0.2, 0) is 4.79 Å². The van der Waals surface area contributed by atoms with Crippen molar-refractivity contribution < 1.29 is 18.8 Å². The lowest BCUT2D eigenvalue weighted by molar-refractivity contribution is -0.115. The Kier molecular flexibility index (Phi) is 6.34. The minimum absolute atomic E-state index is 0.229. The molecule has 3 amide bonds. The number of fused-ring (bicyclic) bond motifs is 2. The lowest BCUT2D eigenvalue weighted by atomic mass is 10.1. The second-order valence-electron chi connectivity index (χ2n) is 9.15. The highest BCUT2D eigenvalue weighted by Crippen LogP contribution is 2.38. The molecule has 0 unspecified atom stereocenters. The molecule has 0 atom stereocenters. The van der Waals surface area contributed by atoms with E-state index in [1.165, 1.54) is 39.8 Å². The third-order valence-electron chi connectivity index (χ3n) is 6.46. The normalized spacial score (nSPS) is 16.8. The van der Waals surface area contributed by atoms with Gasteiger partial charge in [-0.2, -0.15) is 0 Å². The van der Waals surface area contributed by atoms with E-state index in [0.717, 1.165) is 25.8 Å². The van der Waals surface area contributed by atoms with Gasteiger partial charge in [0.15, 0.2) is 14.6 Å². The lowest BCUT2D eigenvalue weighted by Gasteiger charge is -2.13. The summed E-state index contributed by atoms with van der Waals surface area (Å²) in [4.78, 5) is 49.2. The van der Waals surface area contributed by atoms with Crippen LogP contribution in [0.5, 0.6) is 0 Å². The number of nitrogens with zero attached hydrogens (tertiary/aromatic N) is 3. The topological polar surface area (TPSA) is 105 Å². The number of benzene rings is 3. The number of aromatic nitrogens is 1. The number of aryl methyl sites for hydroxylation is 1. The number of rotatable bonds is 5. The number of imide groups is 1. The fraction of sp³-hybridized carbons (Fsp3) is 0.0333. The van der Waals surface area contributed by atoms with Crippen LogP contribution in [0, 0.1) is 6.92 Å². The lowest BCUT2D eigenvalue weighted by Crippen LogP contribution is -2.29. The molecule has 1 N–H and O–H groups in total. The molecule has 4 heterocycles. The molecule has 0 bridgehead atoms. The smallest absolute Gasteiger partial charge is 0.266 e. The summed E-state index contributed by atoms with van der Waals surface area (Å²) in [7, 11) is 0.